The summed E-state index contributed by atoms with van der Waals surface area (Å²) >= 11 is 0. The minimum absolute atomic E-state index is 0.0710. The van der Waals surface area contributed by atoms with Crippen molar-refractivity contribution in [2.75, 3.05) is 6.54 Å². The Kier molecular flexibility index (Phi) is 3.84. The van der Waals surface area contributed by atoms with Crippen LogP contribution in [0.4, 0.5) is 0 Å². The van der Waals surface area contributed by atoms with Gasteiger partial charge >= 0.3 is 0 Å². The van der Waals surface area contributed by atoms with Crippen LogP contribution in [0.15, 0.2) is 49.1 Å². The van der Waals surface area contributed by atoms with Crippen LogP contribution in [0.1, 0.15) is 23.0 Å². The van der Waals surface area contributed by atoms with Crippen LogP contribution in [0.5, 0.6) is 0 Å². The highest BCUT2D eigenvalue weighted by molar-refractivity contribution is 5.83. The Labute approximate surface area is 139 Å². The van der Waals surface area contributed by atoms with E-state index in [-0.39, 0.29) is 5.91 Å². The van der Waals surface area contributed by atoms with Crippen LogP contribution in [-0.2, 0) is 17.8 Å². The molecule has 0 saturated carbocycles. The minimum atomic E-state index is -0.406. The molecule has 1 aliphatic rings. The van der Waals surface area contributed by atoms with E-state index in [1.807, 2.05) is 36.5 Å². The van der Waals surface area contributed by atoms with Crippen molar-refractivity contribution < 1.29 is 4.79 Å². The molecule has 1 aliphatic heterocycles. The highest BCUT2D eigenvalue weighted by Crippen LogP contribution is 2.20. The quantitative estimate of drug-likeness (QED) is 0.671. The second kappa shape index (κ2) is 6.29. The molecule has 7 heteroatoms. The number of H-pyrrole nitrogens is 1. The Morgan fingerprint density at radius 2 is 2.25 bits per heavy atom. The van der Waals surface area contributed by atoms with Gasteiger partial charge < -0.3 is 15.6 Å². The largest absolute Gasteiger partial charge is 0.350 e. The molecule has 3 aromatic rings. The Morgan fingerprint density at radius 3 is 3.12 bits per heavy atom. The lowest BCUT2D eigenvalue weighted by atomic mass is 10.0. The lowest BCUT2D eigenvalue weighted by Crippen LogP contribution is -2.41. The Morgan fingerprint density at radius 1 is 1.33 bits per heavy atom. The average Bonchev–Trinajstić information content (AvgIpc) is 3.30. The zero-order valence-electron chi connectivity index (χ0n) is 13.1. The summed E-state index contributed by atoms with van der Waals surface area (Å²) in [5.74, 6) is -0.0710. The fraction of sp³-hybridized carbons (Fsp3) is 0.235. The summed E-state index contributed by atoms with van der Waals surface area (Å²) in [5, 5.41) is 10.5. The van der Waals surface area contributed by atoms with Gasteiger partial charge in [-0.15, -0.1) is 0 Å². The Bertz CT molecular complexity index is 838. The van der Waals surface area contributed by atoms with E-state index in [4.69, 9.17) is 0 Å². The van der Waals surface area contributed by atoms with Crippen LogP contribution in [0.25, 0.3) is 5.69 Å². The number of amides is 1. The normalized spacial score (nSPS) is 16.6. The van der Waals surface area contributed by atoms with Gasteiger partial charge in [0.15, 0.2) is 0 Å². The molecular weight excluding hydrogens is 304 g/mol. The molecule has 122 valence electrons. The van der Waals surface area contributed by atoms with Gasteiger partial charge in [-0.25, -0.2) is 9.67 Å². The zero-order chi connectivity index (χ0) is 16.4. The van der Waals surface area contributed by atoms with Gasteiger partial charge in [0.2, 0.25) is 5.91 Å². The van der Waals surface area contributed by atoms with E-state index < -0.39 is 6.04 Å². The number of nitrogens with zero attached hydrogens (tertiary/aromatic N) is 3. The van der Waals surface area contributed by atoms with E-state index in [1.165, 1.54) is 0 Å². The number of imidazole rings is 1. The van der Waals surface area contributed by atoms with Crippen molar-refractivity contribution >= 4 is 5.91 Å². The molecule has 0 fully saturated rings. The molecule has 2 aromatic heterocycles. The van der Waals surface area contributed by atoms with Crippen molar-refractivity contribution in [2.45, 2.75) is 19.0 Å². The third-order valence-corrected chi connectivity index (χ3v) is 4.21. The van der Waals surface area contributed by atoms with Crippen molar-refractivity contribution in [1.82, 2.24) is 30.4 Å². The van der Waals surface area contributed by atoms with Crippen LogP contribution in [-0.4, -0.2) is 32.2 Å². The van der Waals surface area contributed by atoms with Gasteiger partial charge in [-0.05, 0) is 17.7 Å². The third-order valence-electron chi connectivity index (χ3n) is 4.21. The number of aromatic nitrogens is 4. The number of para-hydroxylation sites is 1. The number of benzene rings is 1. The summed E-state index contributed by atoms with van der Waals surface area (Å²) in [5.41, 5.74) is 3.79. The van der Waals surface area contributed by atoms with E-state index in [2.05, 4.69) is 25.7 Å². The monoisotopic (exact) mass is 322 g/mol. The van der Waals surface area contributed by atoms with E-state index in [1.54, 1.807) is 17.2 Å². The Hall–Kier alpha value is -2.93. The fourth-order valence-corrected chi connectivity index (χ4v) is 3.02. The summed E-state index contributed by atoms with van der Waals surface area (Å²) in [6.45, 7) is 1.20. The summed E-state index contributed by atoms with van der Waals surface area (Å²) in [6, 6.07) is 9.36. The lowest BCUT2D eigenvalue weighted by Gasteiger charge is -2.22. The number of carbonyl (C=O) groups is 1. The van der Waals surface area contributed by atoms with Crippen LogP contribution in [0.3, 0.4) is 0 Å². The SMILES string of the molecule is O=C(NCc1ccccc1-n1cccn1)[C@H]1NCCc2[nH]cnc21. The molecule has 24 heavy (non-hydrogen) atoms. The molecular formula is C17H18N6O. The molecule has 0 unspecified atom stereocenters. The number of hydrogen-bond acceptors (Lipinski definition) is 4. The maximum absolute atomic E-state index is 12.6. The van der Waals surface area contributed by atoms with Crippen molar-refractivity contribution in [3.8, 4) is 5.69 Å². The molecule has 1 aromatic carbocycles. The summed E-state index contributed by atoms with van der Waals surface area (Å²) < 4.78 is 1.80. The van der Waals surface area contributed by atoms with Gasteiger partial charge in [-0.2, -0.15) is 5.10 Å². The topological polar surface area (TPSA) is 87.6 Å². The van der Waals surface area contributed by atoms with E-state index in [0.717, 1.165) is 35.6 Å². The van der Waals surface area contributed by atoms with Crippen LogP contribution in [0, 0.1) is 0 Å². The minimum Gasteiger partial charge on any atom is -0.350 e. The fourth-order valence-electron chi connectivity index (χ4n) is 3.02. The number of nitrogens with one attached hydrogen (secondary N) is 3. The first-order valence-corrected chi connectivity index (χ1v) is 7.94. The summed E-state index contributed by atoms with van der Waals surface area (Å²) in [6.07, 6.45) is 6.13. The molecule has 0 radical (unpaired) electrons. The van der Waals surface area contributed by atoms with Crippen LogP contribution < -0.4 is 10.6 Å². The molecule has 0 spiro atoms. The van der Waals surface area contributed by atoms with Crippen molar-refractivity contribution in [1.29, 1.82) is 0 Å². The molecule has 3 heterocycles. The van der Waals surface area contributed by atoms with Gasteiger partial charge in [-0.3, -0.25) is 4.79 Å². The number of rotatable bonds is 4. The first-order valence-electron chi connectivity index (χ1n) is 7.94. The maximum atomic E-state index is 12.6. The van der Waals surface area contributed by atoms with Gasteiger partial charge in [0, 0.05) is 37.6 Å². The van der Waals surface area contributed by atoms with Crippen molar-refractivity contribution in [3.63, 3.8) is 0 Å². The molecule has 4 rings (SSSR count). The standard InChI is InChI=1S/C17H18N6O/c24-17(16-15-13(6-8-18-16)20-11-21-15)19-10-12-4-1-2-5-14(12)23-9-3-7-22-23/h1-5,7,9,11,16,18H,6,8,10H2,(H,19,24)(H,20,21)/t16-/m0/s1. The lowest BCUT2D eigenvalue weighted by molar-refractivity contribution is -0.123. The number of fused-ring (bicyclic) bond motifs is 1. The molecule has 1 atom stereocenters. The first-order chi connectivity index (χ1) is 11.8. The molecule has 0 saturated heterocycles. The molecule has 0 bridgehead atoms. The van der Waals surface area contributed by atoms with Crippen molar-refractivity contribution in [2.24, 2.45) is 0 Å². The maximum Gasteiger partial charge on any atom is 0.243 e. The van der Waals surface area contributed by atoms with Crippen LogP contribution >= 0.6 is 0 Å². The summed E-state index contributed by atoms with van der Waals surface area (Å²) in [4.78, 5) is 20.0. The average molecular weight is 322 g/mol. The predicted octanol–water partition coefficient (Wildman–Crippen LogP) is 1.10. The number of aromatic amines is 1. The smallest absolute Gasteiger partial charge is 0.243 e. The van der Waals surface area contributed by atoms with E-state index in [0.29, 0.717) is 6.54 Å². The first kappa shape index (κ1) is 14.6. The van der Waals surface area contributed by atoms with Gasteiger partial charge in [0.05, 0.1) is 17.7 Å². The highest BCUT2D eigenvalue weighted by atomic mass is 16.2. The van der Waals surface area contributed by atoms with E-state index in [9.17, 15) is 4.79 Å². The molecule has 3 N–H and O–H groups in total. The van der Waals surface area contributed by atoms with E-state index >= 15 is 0 Å². The molecule has 7 nitrogen and oxygen atoms in total. The predicted molar refractivity (Wildman–Crippen MR) is 88.4 cm³/mol. The zero-order valence-corrected chi connectivity index (χ0v) is 13.1. The van der Waals surface area contributed by atoms with Crippen molar-refractivity contribution in [3.05, 3.63) is 66.0 Å². The highest BCUT2D eigenvalue weighted by Gasteiger charge is 2.28. The van der Waals surface area contributed by atoms with Crippen LogP contribution in [0.2, 0.25) is 0 Å². The third kappa shape index (κ3) is 2.69. The number of hydrogen-bond donors (Lipinski definition) is 3. The van der Waals surface area contributed by atoms with Gasteiger partial charge in [0.25, 0.3) is 0 Å². The molecule has 1 amide bonds. The molecule has 0 aliphatic carbocycles. The van der Waals surface area contributed by atoms with Gasteiger partial charge in [0.1, 0.15) is 6.04 Å². The van der Waals surface area contributed by atoms with Gasteiger partial charge in [-0.1, -0.05) is 18.2 Å². The second-order valence-electron chi connectivity index (χ2n) is 5.70. The Balaban J connectivity index is 1.50. The summed E-state index contributed by atoms with van der Waals surface area (Å²) in [7, 11) is 0. The second-order valence-corrected chi connectivity index (χ2v) is 5.70. The number of carbonyl (C=O) groups excluding carboxylic acids is 1.